The smallest absolute Gasteiger partial charge is 0.164 e. The monoisotopic (exact) mass is 652 g/mol. The van der Waals surface area contributed by atoms with Gasteiger partial charge >= 0.3 is 0 Å². The topological polar surface area (TPSA) is 75.6 Å². The van der Waals surface area contributed by atoms with Crippen LogP contribution in [0.25, 0.3) is 89.5 Å². The fraction of sp³-hybridized carbons (Fsp3) is 0. The van der Waals surface area contributed by atoms with Crippen LogP contribution >= 0.6 is 0 Å². The maximum atomic E-state index is 9.30. The Labute approximate surface area is 294 Å². The highest BCUT2D eigenvalue weighted by Gasteiger charge is 2.20. The van der Waals surface area contributed by atoms with E-state index in [4.69, 9.17) is 19.4 Å². The molecule has 0 amide bonds. The highest BCUT2D eigenvalue weighted by Crippen LogP contribution is 2.42. The van der Waals surface area contributed by atoms with E-state index in [9.17, 15) is 5.26 Å². The molecule has 0 N–H and O–H groups in total. The van der Waals surface area contributed by atoms with Gasteiger partial charge in [-0.1, -0.05) is 133 Å². The normalized spacial score (nSPS) is 11.1. The van der Waals surface area contributed by atoms with Crippen molar-refractivity contribution in [3.63, 3.8) is 0 Å². The summed E-state index contributed by atoms with van der Waals surface area (Å²) in [6.45, 7) is 0. The highest BCUT2D eigenvalue weighted by atomic mass is 16.3. The van der Waals surface area contributed by atoms with Crippen LogP contribution in [0.4, 0.5) is 0 Å². The molecule has 5 heteroatoms. The molecule has 51 heavy (non-hydrogen) atoms. The molecule has 238 valence electrons. The number of rotatable bonds is 6. The van der Waals surface area contributed by atoms with Gasteiger partial charge in [0.15, 0.2) is 17.5 Å². The van der Waals surface area contributed by atoms with E-state index in [1.807, 2.05) is 91.0 Å². The lowest BCUT2D eigenvalue weighted by molar-refractivity contribution is 0.669. The average molecular weight is 653 g/mol. The standard InChI is InChI=1S/C46H28N4O/c47-29-30-22-24-31(25-23-30)35-18-10-19-36(26-35)45-48-44(34-16-8-3-9-17-34)49-46(50-45)39-28-42-40(27-38(39)33-14-6-2-7-15-33)43-37(20-11-21-41(43)51-42)32-12-4-1-5-13-32/h1-28H. The fourth-order valence-corrected chi connectivity index (χ4v) is 6.69. The molecule has 5 nitrogen and oxygen atoms in total. The lowest BCUT2D eigenvalue weighted by atomic mass is 9.94. The molecule has 0 aliphatic carbocycles. The summed E-state index contributed by atoms with van der Waals surface area (Å²) in [7, 11) is 0. The molecular formula is C46H28N4O. The summed E-state index contributed by atoms with van der Waals surface area (Å²) < 4.78 is 6.59. The van der Waals surface area contributed by atoms with Crippen molar-refractivity contribution in [2.45, 2.75) is 0 Å². The first kappa shape index (κ1) is 29.9. The van der Waals surface area contributed by atoms with Gasteiger partial charge in [0, 0.05) is 27.5 Å². The lowest BCUT2D eigenvalue weighted by Gasteiger charge is -2.13. The van der Waals surface area contributed by atoms with Crippen LogP contribution in [-0.4, -0.2) is 15.0 Å². The van der Waals surface area contributed by atoms with Gasteiger partial charge in [0.2, 0.25) is 0 Å². The van der Waals surface area contributed by atoms with Gasteiger partial charge in [-0.3, -0.25) is 0 Å². The van der Waals surface area contributed by atoms with E-state index < -0.39 is 0 Å². The van der Waals surface area contributed by atoms with E-state index in [0.29, 0.717) is 23.0 Å². The molecule has 2 heterocycles. The Morgan fingerprint density at radius 2 is 0.961 bits per heavy atom. The molecule has 0 unspecified atom stereocenters. The van der Waals surface area contributed by atoms with Gasteiger partial charge in [0.25, 0.3) is 0 Å². The SMILES string of the molecule is N#Cc1ccc(-c2cccc(-c3nc(-c4ccccc4)nc(-c4cc5oc6cccc(-c7ccccc7)c6c5cc4-c4ccccc4)n3)c2)cc1. The Bertz CT molecular complexity index is 2730. The summed E-state index contributed by atoms with van der Waals surface area (Å²) in [5.74, 6) is 1.69. The first-order valence-electron chi connectivity index (χ1n) is 16.7. The van der Waals surface area contributed by atoms with Crippen molar-refractivity contribution in [3.05, 3.63) is 175 Å². The minimum atomic E-state index is 0.548. The van der Waals surface area contributed by atoms with E-state index in [0.717, 1.165) is 72.0 Å². The van der Waals surface area contributed by atoms with Gasteiger partial charge in [0.1, 0.15) is 11.2 Å². The summed E-state index contributed by atoms with van der Waals surface area (Å²) >= 11 is 0. The Morgan fingerprint density at radius 1 is 0.392 bits per heavy atom. The zero-order chi connectivity index (χ0) is 34.1. The molecule has 9 aromatic rings. The molecule has 0 radical (unpaired) electrons. The van der Waals surface area contributed by atoms with E-state index in [1.54, 1.807) is 0 Å². The number of hydrogen-bond donors (Lipinski definition) is 0. The van der Waals surface area contributed by atoms with Crippen molar-refractivity contribution in [3.8, 4) is 73.6 Å². The van der Waals surface area contributed by atoms with Crippen LogP contribution in [0.1, 0.15) is 5.56 Å². The third-order valence-electron chi connectivity index (χ3n) is 9.18. The number of nitrogens with zero attached hydrogens (tertiary/aromatic N) is 4. The van der Waals surface area contributed by atoms with Crippen molar-refractivity contribution in [1.29, 1.82) is 5.26 Å². The molecule has 0 bridgehead atoms. The van der Waals surface area contributed by atoms with Gasteiger partial charge < -0.3 is 4.42 Å². The quantitative estimate of drug-likeness (QED) is 0.179. The van der Waals surface area contributed by atoms with Crippen LogP contribution in [-0.2, 0) is 0 Å². The van der Waals surface area contributed by atoms with E-state index in [2.05, 4.69) is 84.9 Å². The summed E-state index contributed by atoms with van der Waals surface area (Å²) in [5.41, 5.74) is 11.1. The highest BCUT2D eigenvalue weighted by molar-refractivity contribution is 6.14. The number of hydrogen-bond acceptors (Lipinski definition) is 5. The van der Waals surface area contributed by atoms with Crippen molar-refractivity contribution in [2.75, 3.05) is 0 Å². The van der Waals surface area contributed by atoms with Crippen LogP contribution in [0.5, 0.6) is 0 Å². The summed E-state index contributed by atoms with van der Waals surface area (Å²) in [5, 5.41) is 11.4. The van der Waals surface area contributed by atoms with Gasteiger partial charge in [-0.15, -0.1) is 0 Å². The van der Waals surface area contributed by atoms with Crippen LogP contribution < -0.4 is 0 Å². The van der Waals surface area contributed by atoms with Gasteiger partial charge in [-0.2, -0.15) is 5.26 Å². The number of aromatic nitrogens is 3. The molecule has 2 aromatic heterocycles. The Balaban J connectivity index is 1.28. The fourth-order valence-electron chi connectivity index (χ4n) is 6.69. The van der Waals surface area contributed by atoms with E-state index >= 15 is 0 Å². The molecule has 0 aliphatic heterocycles. The molecule has 0 spiro atoms. The Hall–Kier alpha value is -7.16. The minimum Gasteiger partial charge on any atom is -0.456 e. The first-order valence-corrected chi connectivity index (χ1v) is 16.7. The zero-order valence-electron chi connectivity index (χ0n) is 27.4. The second-order valence-electron chi connectivity index (χ2n) is 12.3. The largest absolute Gasteiger partial charge is 0.456 e. The van der Waals surface area contributed by atoms with Gasteiger partial charge in [-0.25, -0.2) is 15.0 Å². The number of benzene rings is 7. The minimum absolute atomic E-state index is 0.548. The molecule has 0 saturated carbocycles. The molecule has 7 aromatic carbocycles. The second-order valence-corrected chi connectivity index (χ2v) is 12.3. The summed E-state index contributed by atoms with van der Waals surface area (Å²) in [6, 6.07) is 59.3. The maximum absolute atomic E-state index is 9.30. The van der Waals surface area contributed by atoms with E-state index in [-0.39, 0.29) is 0 Å². The molecular weight excluding hydrogens is 625 g/mol. The number of nitriles is 1. The van der Waals surface area contributed by atoms with Crippen LogP contribution in [0.2, 0.25) is 0 Å². The lowest BCUT2D eigenvalue weighted by Crippen LogP contribution is -2.01. The third kappa shape index (κ3) is 5.61. The first-order chi connectivity index (χ1) is 25.2. The van der Waals surface area contributed by atoms with Crippen molar-refractivity contribution in [1.82, 2.24) is 15.0 Å². The predicted octanol–water partition coefficient (Wildman–Crippen LogP) is 11.6. The molecule has 0 saturated heterocycles. The average Bonchev–Trinajstić information content (AvgIpc) is 3.59. The summed E-state index contributed by atoms with van der Waals surface area (Å²) in [6.07, 6.45) is 0. The molecule has 0 aliphatic rings. The number of furan rings is 1. The van der Waals surface area contributed by atoms with Crippen molar-refractivity contribution in [2.24, 2.45) is 0 Å². The van der Waals surface area contributed by atoms with Crippen LogP contribution in [0.3, 0.4) is 0 Å². The van der Waals surface area contributed by atoms with Crippen molar-refractivity contribution < 1.29 is 4.42 Å². The maximum Gasteiger partial charge on any atom is 0.164 e. The van der Waals surface area contributed by atoms with Crippen LogP contribution in [0, 0.1) is 11.3 Å². The van der Waals surface area contributed by atoms with Crippen molar-refractivity contribution >= 4 is 21.9 Å². The Kier molecular flexibility index (Phi) is 7.46. The van der Waals surface area contributed by atoms with Gasteiger partial charge in [0.05, 0.1) is 11.6 Å². The molecule has 0 fully saturated rings. The second kappa shape index (κ2) is 12.7. The van der Waals surface area contributed by atoms with E-state index in [1.165, 1.54) is 0 Å². The Morgan fingerprint density at radius 3 is 1.65 bits per heavy atom. The third-order valence-corrected chi connectivity index (χ3v) is 9.18. The predicted molar refractivity (Wildman–Crippen MR) is 204 cm³/mol. The zero-order valence-corrected chi connectivity index (χ0v) is 27.4. The molecule has 9 rings (SSSR count). The molecule has 0 atom stereocenters. The van der Waals surface area contributed by atoms with Gasteiger partial charge in [-0.05, 0) is 69.8 Å². The summed E-state index contributed by atoms with van der Waals surface area (Å²) in [4.78, 5) is 15.3. The van der Waals surface area contributed by atoms with Crippen LogP contribution in [0.15, 0.2) is 174 Å². The number of fused-ring (bicyclic) bond motifs is 3.